The third-order valence-corrected chi connectivity index (χ3v) is 6.66. The van der Waals surface area contributed by atoms with Crippen molar-refractivity contribution in [1.29, 1.82) is 15.8 Å². The number of allylic oxidation sites excluding steroid dienone is 2. The molecule has 1 heterocycles. The molecule has 7 nitrogen and oxygen atoms in total. The number of carbonyl (C=O) groups is 1. The van der Waals surface area contributed by atoms with E-state index in [0.717, 1.165) is 11.1 Å². The van der Waals surface area contributed by atoms with Crippen molar-refractivity contribution in [2.75, 3.05) is 20.2 Å². The summed E-state index contributed by atoms with van der Waals surface area (Å²) in [5.41, 5.74) is 7.87. The molecule has 2 aromatic rings. The van der Waals surface area contributed by atoms with Crippen LogP contribution >= 0.6 is 0 Å². The third-order valence-electron chi connectivity index (χ3n) is 6.66. The summed E-state index contributed by atoms with van der Waals surface area (Å²) in [5, 5.41) is 30.2. The number of nitriles is 3. The van der Waals surface area contributed by atoms with Crippen molar-refractivity contribution in [2.24, 2.45) is 17.1 Å². The standard InChI is InChI=1S/C27H23N5O2/c1-34-26(33)20-9-7-19(8-10-20)24-21(13-28)25(31)27(16-29,17-30)23-11-12-32(15-22(23)24)14-18-5-3-2-4-6-18/h2-11,22,24H,12,14-15,31H2,1H3/t22-,24-/m1/s1. The lowest BCUT2D eigenvalue weighted by Crippen LogP contribution is -2.47. The number of hydrogen-bond donors (Lipinski definition) is 1. The quantitative estimate of drug-likeness (QED) is 0.560. The average Bonchev–Trinajstić information content (AvgIpc) is 2.88. The van der Waals surface area contributed by atoms with Gasteiger partial charge in [0.05, 0.1) is 42.2 Å². The van der Waals surface area contributed by atoms with Gasteiger partial charge in [-0.3, -0.25) is 4.90 Å². The van der Waals surface area contributed by atoms with E-state index in [-0.39, 0.29) is 17.2 Å². The molecule has 2 atom stereocenters. The second kappa shape index (κ2) is 9.24. The Morgan fingerprint density at radius 2 is 1.79 bits per heavy atom. The molecular weight excluding hydrogens is 426 g/mol. The molecule has 1 aliphatic carbocycles. The van der Waals surface area contributed by atoms with Crippen molar-refractivity contribution in [3.8, 4) is 18.2 Å². The normalized spacial score (nSPS) is 21.3. The van der Waals surface area contributed by atoms with Gasteiger partial charge in [-0.15, -0.1) is 0 Å². The molecule has 0 unspecified atom stereocenters. The second-order valence-electron chi connectivity index (χ2n) is 8.45. The third kappa shape index (κ3) is 3.71. The molecule has 34 heavy (non-hydrogen) atoms. The van der Waals surface area contributed by atoms with Crippen LogP contribution in [0.3, 0.4) is 0 Å². The Morgan fingerprint density at radius 1 is 1.12 bits per heavy atom. The fourth-order valence-electron chi connectivity index (χ4n) is 4.99. The molecule has 1 aliphatic heterocycles. The highest BCUT2D eigenvalue weighted by molar-refractivity contribution is 5.89. The van der Waals surface area contributed by atoms with Gasteiger partial charge in [0.2, 0.25) is 5.41 Å². The number of methoxy groups -OCH3 is 1. The smallest absolute Gasteiger partial charge is 0.337 e. The number of hydrogen-bond acceptors (Lipinski definition) is 7. The van der Waals surface area contributed by atoms with E-state index in [9.17, 15) is 20.6 Å². The molecule has 2 aliphatic rings. The number of benzene rings is 2. The first-order valence-electron chi connectivity index (χ1n) is 10.9. The van der Waals surface area contributed by atoms with Gasteiger partial charge in [-0.2, -0.15) is 15.8 Å². The molecule has 0 radical (unpaired) electrons. The van der Waals surface area contributed by atoms with Gasteiger partial charge in [0, 0.05) is 31.5 Å². The minimum atomic E-state index is -1.67. The Labute approximate surface area is 198 Å². The minimum absolute atomic E-state index is 0.0129. The molecule has 0 spiro atoms. The minimum Gasteiger partial charge on any atom is -0.465 e. The summed E-state index contributed by atoms with van der Waals surface area (Å²) in [5.74, 6) is -1.20. The van der Waals surface area contributed by atoms with Crippen LogP contribution in [0.5, 0.6) is 0 Å². The summed E-state index contributed by atoms with van der Waals surface area (Å²) in [6.07, 6.45) is 1.92. The number of ether oxygens (including phenoxy) is 1. The van der Waals surface area contributed by atoms with Crippen molar-refractivity contribution in [3.63, 3.8) is 0 Å². The molecule has 0 bridgehead atoms. The van der Waals surface area contributed by atoms with Crippen LogP contribution in [-0.2, 0) is 11.3 Å². The summed E-state index contributed by atoms with van der Waals surface area (Å²) in [4.78, 5) is 14.1. The van der Waals surface area contributed by atoms with Crippen LogP contribution in [0.15, 0.2) is 77.5 Å². The van der Waals surface area contributed by atoms with Crippen LogP contribution in [0.4, 0.5) is 0 Å². The zero-order valence-corrected chi connectivity index (χ0v) is 18.7. The van der Waals surface area contributed by atoms with Gasteiger partial charge in [-0.05, 0) is 28.8 Å². The van der Waals surface area contributed by atoms with Crippen molar-refractivity contribution < 1.29 is 9.53 Å². The maximum absolute atomic E-state index is 11.9. The zero-order chi connectivity index (χ0) is 24.3. The highest BCUT2D eigenvalue weighted by Gasteiger charge is 2.52. The molecule has 0 fully saturated rings. The van der Waals surface area contributed by atoms with Gasteiger partial charge >= 0.3 is 5.97 Å². The predicted octanol–water partition coefficient (Wildman–Crippen LogP) is 3.40. The Bertz CT molecular complexity index is 1280. The summed E-state index contributed by atoms with van der Waals surface area (Å²) >= 11 is 0. The SMILES string of the molecule is COC(=O)c1ccc([C@@H]2C(C#N)=C(N)C(C#N)(C#N)C3=CCN(Cc4ccccc4)C[C@H]32)cc1. The van der Waals surface area contributed by atoms with E-state index in [1.165, 1.54) is 7.11 Å². The largest absolute Gasteiger partial charge is 0.465 e. The number of nitrogens with two attached hydrogens (primary N) is 1. The highest BCUT2D eigenvalue weighted by Crippen LogP contribution is 2.52. The fraction of sp³-hybridized carbons (Fsp3) is 0.259. The predicted molar refractivity (Wildman–Crippen MR) is 124 cm³/mol. The van der Waals surface area contributed by atoms with E-state index in [2.05, 4.69) is 35.2 Å². The maximum atomic E-state index is 11.9. The van der Waals surface area contributed by atoms with E-state index in [0.29, 0.717) is 30.8 Å². The number of nitrogens with zero attached hydrogens (tertiary/aromatic N) is 4. The first kappa shape index (κ1) is 22.8. The zero-order valence-electron chi connectivity index (χ0n) is 18.7. The molecule has 0 amide bonds. The Morgan fingerprint density at radius 3 is 2.38 bits per heavy atom. The lowest BCUT2D eigenvalue weighted by molar-refractivity contribution is 0.0600. The van der Waals surface area contributed by atoms with Crippen LogP contribution in [0, 0.1) is 45.3 Å². The van der Waals surface area contributed by atoms with E-state index in [1.54, 1.807) is 24.3 Å². The molecule has 0 aromatic heterocycles. The number of fused-ring (bicyclic) bond motifs is 1. The van der Waals surface area contributed by atoms with Crippen LogP contribution in [0.2, 0.25) is 0 Å². The summed E-state index contributed by atoms with van der Waals surface area (Å²) in [7, 11) is 1.32. The van der Waals surface area contributed by atoms with Crippen molar-refractivity contribution >= 4 is 5.97 Å². The van der Waals surface area contributed by atoms with Crippen LogP contribution in [-0.4, -0.2) is 31.1 Å². The molecule has 0 saturated heterocycles. The van der Waals surface area contributed by atoms with Crippen LogP contribution in [0.25, 0.3) is 0 Å². The van der Waals surface area contributed by atoms with Crippen molar-refractivity contribution in [2.45, 2.75) is 12.5 Å². The molecule has 168 valence electrons. The number of esters is 1. The average molecular weight is 450 g/mol. The summed E-state index contributed by atoms with van der Waals surface area (Å²) in [6, 6.07) is 23.3. The maximum Gasteiger partial charge on any atom is 0.337 e. The fourth-order valence-corrected chi connectivity index (χ4v) is 4.99. The van der Waals surface area contributed by atoms with E-state index >= 15 is 0 Å². The van der Waals surface area contributed by atoms with Crippen LogP contribution in [0.1, 0.15) is 27.4 Å². The summed E-state index contributed by atoms with van der Waals surface area (Å²) < 4.78 is 4.79. The van der Waals surface area contributed by atoms with Crippen molar-refractivity contribution in [1.82, 2.24) is 4.90 Å². The first-order chi connectivity index (χ1) is 16.5. The molecule has 0 saturated carbocycles. The number of carbonyl (C=O) groups excluding carboxylic acids is 1. The lowest BCUT2D eigenvalue weighted by Gasteiger charge is -2.45. The Balaban J connectivity index is 1.81. The van der Waals surface area contributed by atoms with Gasteiger partial charge in [0.15, 0.2) is 0 Å². The molecule has 7 heteroatoms. The van der Waals surface area contributed by atoms with Gasteiger partial charge in [0.1, 0.15) is 0 Å². The number of rotatable bonds is 4. The topological polar surface area (TPSA) is 127 Å². The van der Waals surface area contributed by atoms with Gasteiger partial charge < -0.3 is 10.5 Å². The van der Waals surface area contributed by atoms with Crippen molar-refractivity contribution in [3.05, 3.63) is 94.2 Å². The van der Waals surface area contributed by atoms with Crippen LogP contribution < -0.4 is 5.73 Å². The molecule has 2 N–H and O–H groups in total. The highest BCUT2D eigenvalue weighted by atomic mass is 16.5. The monoisotopic (exact) mass is 449 g/mol. The van der Waals surface area contributed by atoms with E-state index in [1.807, 2.05) is 24.3 Å². The van der Waals surface area contributed by atoms with Gasteiger partial charge in [0.25, 0.3) is 0 Å². The Hall–Kier alpha value is -4.38. The molecule has 2 aromatic carbocycles. The molecular formula is C27H23N5O2. The van der Waals surface area contributed by atoms with E-state index in [4.69, 9.17) is 10.5 Å². The van der Waals surface area contributed by atoms with Gasteiger partial charge in [-0.25, -0.2) is 4.79 Å². The first-order valence-corrected chi connectivity index (χ1v) is 10.9. The second-order valence-corrected chi connectivity index (χ2v) is 8.45. The Kier molecular flexibility index (Phi) is 6.19. The van der Waals surface area contributed by atoms with Gasteiger partial charge in [-0.1, -0.05) is 48.5 Å². The van der Waals surface area contributed by atoms with E-state index < -0.39 is 17.3 Å². The molecule has 4 rings (SSSR count). The summed E-state index contributed by atoms with van der Waals surface area (Å²) in [6.45, 7) is 1.81. The lowest BCUT2D eigenvalue weighted by atomic mass is 9.60.